The number of fused-ring (bicyclic) bond motifs is 1. The van der Waals surface area contributed by atoms with E-state index in [1.54, 1.807) is 11.3 Å². The second kappa shape index (κ2) is 6.57. The van der Waals surface area contributed by atoms with Crippen LogP contribution in [0.1, 0.15) is 32.5 Å². The molecule has 0 aliphatic carbocycles. The molecule has 2 aromatic carbocycles. The Hall–Kier alpha value is -2.85. The minimum absolute atomic E-state index is 0.101. The molecule has 4 rings (SSSR count). The number of hydrogen-bond acceptors (Lipinski definition) is 2. The standard InChI is InChI=1S/C21H18N2OS/c1-14-9-10-17-16(12-14)13-18(22-17)21(24)23-20(19-8-5-11-25-19)15-6-3-2-4-7-15/h2-13,20,22H,1H3,(H,23,24). The van der Waals surface area contributed by atoms with Gasteiger partial charge < -0.3 is 10.3 Å². The third kappa shape index (κ3) is 3.21. The number of aromatic nitrogens is 1. The Bertz CT molecular complexity index is 1000. The van der Waals surface area contributed by atoms with Gasteiger partial charge in [-0.2, -0.15) is 0 Å². The molecule has 2 aromatic heterocycles. The highest BCUT2D eigenvalue weighted by Crippen LogP contribution is 2.26. The molecule has 0 bridgehead atoms. The van der Waals surface area contributed by atoms with Crippen molar-refractivity contribution in [1.29, 1.82) is 0 Å². The molecule has 4 aromatic rings. The van der Waals surface area contributed by atoms with Gasteiger partial charge in [0.2, 0.25) is 0 Å². The molecule has 1 atom stereocenters. The van der Waals surface area contributed by atoms with E-state index < -0.39 is 0 Å². The fourth-order valence-corrected chi connectivity index (χ4v) is 3.81. The molecule has 0 saturated heterocycles. The lowest BCUT2D eigenvalue weighted by Gasteiger charge is -2.17. The summed E-state index contributed by atoms with van der Waals surface area (Å²) in [4.78, 5) is 17.2. The lowest BCUT2D eigenvalue weighted by molar-refractivity contribution is 0.0939. The minimum Gasteiger partial charge on any atom is -0.351 e. The first-order chi connectivity index (χ1) is 12.2. The van der Waals surface area contributed by atoms with E-state index in [1.165, 1.54) is 5.56 Å². The predicted molar refractivity (Wildman–Crippen MR) is 103 cm³/mol. The Balaban J connectivity index is 1.66. The van der Waals surface area contributed by atoms with Gasteiger partial charge in [0.05, 0.1) is 6.04 Å². The SMILES string of the molecule is Cc1ccc2[nH]c(C(=O)NC(c3ccccc3)c3cccs3)cc2c1. The second-order valence-corrected chi connectivity index (χ2v) is 7.09. The number of hydrogen-bond donors (Lipinski definition) is 2. The summed E-state index contributed by atoms with van der Waals surface area (Å²) >= 11 is 1.65. The third-order valence-electron chi connectivity index (χ3n) is 4.26. The van der Waals surface area contributed by atoms with Gasteiger partial charge in [-0.05, 0) is 42.1 Å². The average molecular weight is 346 g/mol. The van der Waals surface area contributed by atoms with Gasteiger partial charge in [-0.3, -0.25) is 4.79 Å². The fourth-order valence-electron chi connectivity index (χ4n) is 3.00. The highest BCUT2D eigenvalue weighted by molar-refractivity contribution is 7.10. The summed E-state index contributed by atoms with van der Waals surface area (Å²) in [6.07, 6.45) is 0. The first kappa shape index (κ1) is 15.7. The quantitative estimate of drug-likeness (QED) is 0.533. The molecule has 0 spiro atoms. The Kier molecular flexibility index (Phi) is 4.12. The van der Waals surface area contributed by atoms with Crippen molar-refractivity contribution >= 4 is 28.1 Å². The lowest BCUT2D eigenvalue weighted by atomic mass is 10.1. The first-order valence-electron chi connectivity index (χ1n) is 8.19. The monoisotopic (exact) mass is 346 g/mol. The van der Waals surface area contributed by atoms with Gasteiger partial charge in [0, 0.05) is 15.8 Å². The molecular weight excluding hydrogens is 328 g/mol. The number of nitrogens with one attached hydrogen (secondary N) is 2. The zero-order valence-corrected chi connectivity index (χ0v) is 14.6. The fraction of sp³-hybridized carbons (Fsp3) is 0.0952. The van der Waals surface area contributed by atoms with E-state index in [0.717, 1.165) is 21.3 Å². The summed E-state index contributed by atoms with van der Waals surface area (Å²) in [5.41, 5.74) is 3.81. The van der Waals surface area contributed by atoms with E-state index >= 15 is 0 Å². The van der Waals surface area contributed by atoms with Crippen molar-refractivity contribution in [2.24, 2.45) is 0 Å². The summed E-state index contributed by atoms with van der Waals surface area (Å²) in [7, 11) is 0. The van der Waals surface area contributed by atoms with Crippen molar-refractivity contribution in [2.75, 3.05) is 0 Å². The van der Waals surface area contributed by atoms with Gasteiger partial charge in [-0.25, -0.2) is 0 Å². The Labute approximate surface area is 150 Å². The Morgan fingerprint density at radius 1 is 1.04 bits per heavy atom. The summed E-state index contributed by atoms with van der Waals surface area (Å²) in [6, 6.07) is 22.0. The topological polar surface area (TPSA) is 44.9 Å². The highest BCUT2D eigenvalue weighted by atomic mass is 32.1. The van der Waals surface area contributed by atoms with Crippen LogP contribution in [-0.4, -0.2) is 10.9 Å². The molecule has 0 radical (unpaired) electrons. The smallest absolute Gasteiger partial charge is 0.268 e. The number of H-pyrrole nitrogens is 1. The summed E-state index contributed by atoms with van der Waals surface area (Å²) < 4.78 is 0. The van der Waals surface area contributed by atoms with Crippen LogP contribution in [0.15, 0.2) is 72.1 Å². The number of carbonyl (C=O) groups excluding carboxylic acids is 1. The molecule has 3 nitrogen and oxygen atoms in total. The average Bonchev–Trinajstić information content (AvgIpc) is 3.29. The zero-order chi connectivity index (χ0) is 17.2. The van der Waals surface area contributed by atoms with E-state index in [9.17, 15) is 4.79 Å². The number of rotatable bonds is 4. The second-order valence-electron chi connectivity index (χ2n) is 6.11. The maximum Gasteiger partial charge on any atom is 0.268 e. The molecular formula is C21H18N2OS. The largest absolute Gasteiger partial charge is 0.351 e. The molecule has 2 heterocycles. The Morgan fingerprint density at radius 2 is 1.88 bits per heavy atom. The van der Waals surface area contributed by atoms with E-state index in [2.05, 4.69) is 29.4 Å². The maximum absolute atomic E-state index is 12.8. The first-order valence-corrected chi connectivity index (χ1v) is 9.07. The summed E-state index contributed by atoms with van der Waals surface area (Å²) in [5.74, 6) is -0.101. The molecule has 4 heteroatoms. The van der Waals surface area contributed by atoms with Gasteiger partial charge in [0.1, 0.15) is 5.69 Å². The van der Waals surface area contributed by atoms with Crippen molar-refractivity contribution in [2.45, 2.75) is 13.0 Å². The molecule has 0 aliphatic rings. The van der Waals surface area contributed by atoms with E-state index in [-0.39, 0.29) is 11.9 Å². The van der Waals surface area contributed by atoms with Crippen LogP contribution in [0, 0.1) is 6.92 Å². The van der Waals surface area contributed by atoms with Gasteiger partial charge in [-0.1, -0.05) is 48.0 Å². The van der Waals surface area contributed by atoms with E-state index in [4.69, 9.17) is 0 Å². The molecule has 0 saturated carbocycles. The molecule has 2 N–H and O–H groups in total. The summed E-state index contributed by atoms with van der Waals surface area (Å²) in [6.45, 7) is 2.05. The van der Waals surface area contributed by atoms with Crippen LogP contribution in [0.25, 0.3) is 10.9 Å². The Morgan fingerprint density at radius 3 is 2.64 bits per heavy atom. The van der Waals surface area contributed by atoms with Gasteiger partial charge in [0.15, 0.2) is 0 Å². The highest BCUT2D eigenvalue weighted by Gasteiger charge is 2.19. The van der Waals surface area contributed by atoms with Crippen molar-refractivity contribution in [1.82, 2.24) is 10.3 Å². The molecule has 25 heavy (non-hydrogen) atoms. The third-order valence-corrected chi connectivity index (χ3v) is 5.19. The number of carbonyl (C=O) groups is 1. The number of thiophene rings is 1. The van der Waals surface area contributed by atoms with Crippen LogP contribution in [0.5, 0.6) is 0 Å². The van der Waals surface area contributed by atoms with Crippen LogP contribution in [-0.2, 0) is 0 Å². The van der Waals surface area contributed by atoms with Crippen molar-refractivity contribution in [3.05, 3.63) is 93.8 Å². The molecule has 1 unspecified atom stereocenters. The van der Waals surface area contributed by atoms with Crippen LogP contribution in [0.2, 0.25) is 0 Å². The molecule has 0 aliphatic heterocycles. The number of benzene rings is 2. The van der Waals surface area contributed by atoms with Crippen LogP contribution < -0.4 is 5.32 Å². The van der Waals surface area contributed by atoms with E-state index in [1.807, 2.05) is 60.0 Å². The number of aryl methyl sites for hydroxylation is 1. The lowest BCUT2D eigenvalue weighted by Crippen LogP contribution is -2.29. The van der Waals surface area contributed by atoms with Crippen molar-refractivity contribution < 1.29 is 4.79 Å². The van der Waals surface area contributed by atoms with Gasteiger partial charge in [-0.15, -0.1) is 11.3 Å². The van der Waals surface area contributed by atoms with Gasteiger partial charge >= 0.3 is 0 Å². The maximum atomic E-state index is 12.8. The van der Waals surface area contributed by atoms with Crippen molar-refractivity contribution in [3.63, 3.8) is 0 Å². The van der Waals surface area contributed by atoms with Crippen LogP contribution >= 0.6 is 11.3 Å². The summed E-state index contributed by atoms with van der Waals surface area (Å²) in [5, 5.41) is 6.25. The molecule has 0 fully saturated rings. The van der Waals surface area contributed by atoms with E-state index in [0.29, 0.717) is 5.69 Å². The normalized spacial score (nSPS) is 12.2. The number of aromatic amines is 1. The number of amides is 1. The van der Waals surface area contributed by atoms with Crippen LogP contribution in [0.4, 0.5) is 0 Å². The minimum atomic E-state index is -0.151. The predicted octanol–water partition coefficient (Wildman–Crippen LogP) is 5.06. The molecule has 124 valence electrons. The van der Waals surface area contributed by atoms with Crippen LogP contribution in [0.3, 0.4) is 0 Å². The van der Waals surface area contributed by atoms with Gasteiger partial charge in [0.25, 0.3) is 5.91 Å². The molecule has 1 amide bonds. The zero-order valence-electron chi connectivity index (χ0n) is 13.8. The van der Waals surface area contributed by atoms with Crippen molar-refractivity contribution in [3.8, 4) is 0 Å².